The predicted molar refractivity (Wildman–Crippen MR) is 117 cm³/mol. The molecule has 1 aliphatic carbocycles. The van der Waals surface area contributed by atoms with Crippen molar-refractivity contribution in [3.05, 3.63) is 74.5 Å². The van der Waals surface area contributed by atoms with Crippen LogP contribution in [0.2, 0.25) is 5.02 Å². The average Bonchev–Trinajstić information content (AvgIpc) is 3.30. The fourth-order valence-electron chi connectivity index (χ4n) is 3.72. The number of nitrogen functional groups attached to an aromatic ring is 1. The van der Waals surface area contributed by atoms with Crippen molar-refractivity contribution in [3.8, 4) is 6.07 Å². The normalized spacial score (nSPS) is 12.3. The van der Waals surface area contributed by atoms with Crippen molar-refractivity contribution in [2.24, 2.45) is 0 Å². The lowest BCUT2D eigenvalue weighted by molar-refractivity contribution is 0.0950. The number of hydrogen-bond donors (Lipinski definition) is 2. The van der Waals surface area contributed by atoms with Crippen molar-refractivity contribution in [2.45, 2.75) is 33.4 Å². The van der Waals surface area contributed by atoms with E-state index in [1.54, 1.807) is 23.1 Å². The number of halogens is 1. The first-order valence-corrected chi connectivity index (χ1v) is 10.0. The molecule has 156 valence electrons. The Morgan fingerprint density at radius 3 is 2.94 bits per heavy atom. The molecule has 0 aliphatic heterocycles. The Kier molecular flexibility index (Phi) is 5.44. The van der Waals surface area contributed by atoms with E-state index >= 15 is 0 Å². The minimum Gasteiger partial charge on any atom is -0.384 e. The van der Waals surface area contributed by atoms with Crippen molar-refractivity contribution in [1.82, 2.24) is 25.1 Å². The summed E-state index contributed by atoms with van der Waals surface area (Å²) in [6.45, 7) is 4.50. The molecule has 0 atom stereocenters. The number of rotatable bonds is 5. The highest BCUT2D eigenvalue weighted by molar-refractivity contribution is 6.30. The second-order valence-corrected chi connectivity index (χ2v) is 7.92. The van der Waals surface area contributed by atoms with Crippen LogP contribution >= 0.6 is 11.6 Å². The van der Waals surface area contributed by atoms with E-state index in [1.807, 2.05) is 32.1 Å². The van der Waals surface area contributed by atoms with Crippen LogP contribution in [-0.4, -0.2) is 25.7 Å². The zero-order chi connectivity index (χ0) is 22.1. The number of hydrogen-bond acceptors (Lipinski definition) is 6. The van der Waals surface area contributed by atoms with Crippen molar-refractivity contribution in [2.75, 3.05) is 5.73 Å². The molecule has 0 bridgehead atoms. The molecule has 3 N–H and O–H groups in total. The minimum atomic E-state index is -0.365. The van der Waals surface area contributed by atoms with Gasteiger partial charge < -0.3 is 11.1 Å². The Labute approximate surface area is 184 Å². The second kappa shape index (κ2) is 8.20. The number of amides is 1. The minimum absolute atomic E-state index is 0.0821. The van der Waals surface area contributed by atoms with Crippen LogP contribution in [0.1, 0.15) is 44.1 Å². The van der Waals surface area contributed by atoms with Crippen molar-refractivity contribution >= 4 is 29.4 Å². The van der Waals surface area contributed by atoms with Crippen LogP contribution < -0.4 is 11.1 Å². The van der Waals surface area contributed by atoms with Crippen LogP contribution in [-0.2, 0) is 19.5 Å². The third kappa shape index (κ3) is 4.27. The van der Waals surface area contributed by atoms with E-state index in [0.29, 0.717) is 23.8 Å². The van der Waals surface area contributed by atoms with Gasteiger partial charge in [-0.3, -0.25) is 14.5 Å². The SMILES string of the molecule is Cc1cc(N)nc(C)c1CNC(=O)c1cn(CC2=Cc3cc(Cl)cnc3C2)nc1C#N. The molecule has 1 amide bonds. The lowest BCUT2D eigenvalue weighted by atomic mass is 10.1. The lowest BCUT2D eigenvalue weighted by Crippen LogP contribution is -2.24. The number of nitrogens with one attached hydrogen (secondary N) is 1. The van der Waals surface area contributed by atoms with Gasteiger partial charge >= 0.3 is 0 Å². The molecule has 0 fully saturated rings. The topological polar surface area (TPSA) is 123 Å². The summed E-state index contributed by atoms with van der Waals surface area (Å²) in [5.41, 5.74) is 11.7. The fraction of sp³-hybridized carbons (Fsp3) is 0.227. The number of aryl methyl sites for hydroxylation is 2. The monoisotopic (exact) mass is 433 g/mol. The molecular formula is C22H20ClN7O. The van der Waals surface area contributed by atoms with E-state index in [1.165, 1.54) is 0 Å². The van der Waals surface area contributed by atoms with Gasteiger partial charge in [0.2, 0.25) is 0 Å². The summed E-state index contributed by atoms with van der Waals surface area (Å²) in [6.07, 6.45) is 5.92. The molecular weight excluding hydrogens is 414 g/mol. The van der Waals surface area contributed by atoms with Crippen LogP contribution in [0.15, 0.2) is 30.1 Å². The molecule has 0 saturated carbocycles. The molecule has 0 saturated heterocycles. The number of carbonyl (C=O) groups is 1. The molecule has 0 spiro atoms. The standard InChI is InChI=1S/C22H20ClN7O/c1-12-3-21(25)28-13(2)17(12)9-27-22(31)18-11-30(29-20(18)7-24)10-14-4-15-6-16(23)8-26-19(15)5-14/h3-4,6,8,11H,5,9-10H2,1-2H3,(H2,25,28)(H,27,31). The van der Waals surface area contributed by atoms with Crippen LogP contribution in [0.5, 0.6) is 0 Å². The molecule has 3 aromatic heterocycles. The van der Waals surface area contributed by atoms with Crippen LogP contribution in [0.3, 0.4) is 0 Å². The molecule has 9 heteroatoms. The number of nitrogens with zero attached hydrogens (tertiary/aromatic N) is 5. The first-order valence-electron chi connectivity index (χ1n) is 9.66. The number of aromatic nitrogens is 4. The van der Waals surface area contributed by atoms with Gasteiger partial charge in [0.15, 0.2) is 5.69 Å². The summed E-state index contributed by atoms with van der Waals surface area (Å²) in [6, 6.07) is 5.64. The third-order valence-electron chi connectivity index (χ3n) is 5.20. The van der Waals surface area contributed by atoms with Gasteiger partial charge in [0.1, 0.15) is 11.9 Å². The molecule has 31 heavy (non-hydrogen) atoms. The predicted octanol–water partition coefficient (Wildman–Crippen LogP) is 2.97. The molecule has 0 unspecified atom stereocenters. The van der Waals surface area contributed by atoms with Gasteiger partial charge in [-0.15, -0.1) is 0 Å². The zero-order valence-corrected chi connectivity index (χ0v) is 17.9. The maximum atomic E-state index is 12.8. The lowest BCUT2D eigenvalue weighted by Gasteiger charge is -2.11. The summed E-state index contributed by atoms with van der Waals surface area (Å²) in [7, 11) is 0. The molecule has 8 nitrogen and oxygen atoms in total. The Bertz CT molecular complexity index is 1250. The highest BCUT2D eigenvalue weighted by Gasteiger charge is 2.20. The first-order chi connectivity index (χ1) is 14.8. The third-order valence-corrected chi connectivity index (χ3v) is 5.41. The highest BCUT2D eigenvalue weighted by Crippen LogP contribution is 2.26. The van der Waals surface area contributed by atoms with E-state index in [4.69, 9.17) is 17.3 Å². The molecule has 0 radical (unpaired) electrons. The first kappa shape index (κ1) is 20.6. The number of nitrogens with two attached hydrogens (primary N) is 1. The van der Waals surface area contributed by atoms with E-state index in [0.717, 1.165) is 33.7 Å². The van der Waals surface area contributed by atoms with Gasteiger partial charge in [0, 0.05) is 31.1 Å². The van der Waals surface area contributed by atoms with Crippen LogP contribution in [0.4, 0.5) is 5.82 Å². The van der Waals surface area contributed by atoms with Gasteiger partial charge in [-0.2, -0.15) is 10.4 Å². The Hall–Kier alpha value is -3.70. The Morgan fingerprint density at radius 2 is 2.19 bits per heavy atom. The zero-order valence-electron chi connectivity index (χ0n) is 17.1. The van der Waals surface area contributed by atoms with E-state index in [2.05, 4.69) is 20.4 Å². The van der Waals surface area contributed by atoms with Gasteiger partial charge in [-0.1, -0.05) is 17.7 Å². The maximum absolute atomic E-state index is 12.8. The Balaban J connectivity index is 1.48. The van der Waals surface area contributed by atoms with E-state index < -0.39 is 0 Å². The number of anilines is 1. The van der Waals surface area contributed by atoms with E-state index in [-0.39, 0.29) is 23.7 Å². The second-order valence-electron chi connectivity index (χ2n) is 7.48. The van der Waals surface area contributed by atoms with Gasteiger partial charge in [-0.05, 0) is 48.2 Å². The quantitative estimate of drug-likeness (QED) is 0.637. The number of fused-ring (bicyclic) bond motifs is 1. The number of carbonyl (C=O) groups excluding carboxylic acids is 1. The Morgan fingerprint density at radius 1 is 1.39 bits per heavy atom. The van der Waals surface area contributed by atoms with Crippen molar-refractivity contribution in [1.29, 1.82) is 5.26 Å². The largest absolute Gasteiger partial charge is 0.384 e. The average molecular weight is 434 g/mol. The molecule has 3 aromatic rings. The van der Waals surface area contributed by atoms with E-state index in [9.17, 15) is 10.1 Å². The van der Waals surface area contributed by atoms with Gasteiger partial charge in [-0.25, -0.2) is 4.98 Å². The van der Waals surface area contributed by atoms with Gasteiger partial charge in [0.25, 0.3) is 5.91 Å². The summed E-state index contributed by atoms with van der Waals surface area (Å²) in [4.78, 5) is 21.3. The van der Waals surface area contributed by atoms with Crippen LogP contribution in [0.25, 0.3) is 6.08 Å². The number of pyridine rings is 2. The van der Waals surface area contributed by atoms with Crippen molar-refractivity contribution < 1.29 is 4.79 Å². The summed E-state index contributed by atoms with van der Waals surface area (Å²) in [5, 5.41) is 17.2. The summed E-state index contributed by atoms with van der Waals surface area (Å²) < 4.78 is 1.61. The number of allylic oxidation sites excluding steroid dienone is 1. The molecule has 0 aromatic carbocycles. The maximum Gasteiger partial charge on any atom is 0.256 e. The summed E-state index contributed by atoms with van der Waals surface area (Å²) in [5.74, 6) is 0.0783. The molecule has 3 heterocycles. The van der Waals surface area contributed by atoms with Crippen LogP contribution in [0, 0.1) is 25.2 Å². The fourth-order valence-corrected chi connectivity index (χ4v) is 3.89. The summed E-state index contributed by atoms with van der Waals surface area (Å²) >= 11 is 6.01. The van der Waals surface area contributed by atoms with Gasteiger partial charge in [0.05, 0.1) is 22.8 Å². The molecule has 1 aliphatic rings. The smallest absolute Gasteiger partial charge is 0.256 e. The van der Waals surface area contributed by atoms with Crippen molar-refractivity contribution in [3.63, 3.8) is 0 Å². The number of nitriles is 1. The highest BCUT2D eigenvalue weighted by atomic mass is 35.5. The molecule has 4 rings (SSSR count).